The van der Waals surface area contributed by atoms with Crippen molar-refractivity contribution in [1.29, 1.82) is 0 Å². The summed E-state index contributed by atoms with van der Waals surface area (Å²) in [7, 11) is 4.30. The Labute approximate surface area is 81.3 Å². The van der Waals surface area contributed by atoms with E-state index in [4.69, 9.17) is 0 Å². The summed E-state index contributed by atoms with van der Waals surface area (Å²) < 4.78 is 0. The Balaban J connectivity index is 2.26. The first-order valence-electron chi connectivity index (χ1n) is 5.25. The molecule has 0 bridgehead atoms. The topological polar surface area (TPSA) is 20.3 Å². The molecule has 0 amide bonds. The van der Waals surface area contributed by atoms with Crippen molar-refractivity contribution in [2.75, 3.05) is 14.1 Å². The molecule has 2 nitrogen and oxygen atoms in total. The van der Waals surface area contributed by atoms with Crippen LogP contribution in [0.4, 0.5) is 0 Å². The first-order chi connectivity index (χ1) is 6.09. The zero-order chi connectivity index (χ0) is 9.84. The van der Waals surface area contributed by atoms with E-state index in [-0.39, 0.29) is 0 Å². The third kappa shape index (κ3) is 3.47. The summed E-state index contributed by atoms with van der Waals surface area (Å²) in [5.74, 6) is 1.03. The van der Waals surface area contributed by atoms with Gasteiger partial charge in [-0.15, -0.1) is 0 Å². The number of carbonyl (C=O) groups is 1. The van der Waals surface area contributed by atoms with Crippen LogP contribution in [0.1, 0.15) is 39.0 Å². The number of hydrogen-bond donors (Lipinski definition) is 0. The summed E-state index contributed by atoms with van der Waals surface area (Å²) in [6.45, 7) is 1.71. The van der Waals surface area contributed by atoms with Gasteiger partial charge < -0.3 is 9.69 Å². The van der Waals surface area contributed by atoms with Crippen molar-refractivity contribution in [1.82, 2.24) is 4.90 Å². The van der Waals surface area contributed by atoms with Crippen LogP contribution >= 0.6 is 0 Å². The second kappa shape index (κ2) is 4.75. The van der Waals surface area contributed by atoms with Crippen LogP contribution in [0.5, 0.6) is 0 Å². The van der Waals surface area contributed by atoms with Crippen molar-refractivity contribution in [3.8, 4) is 0 Å². The lowest BCUT2D eigenvalue weighted by molar-refractivity contribution is -0.118. The fourth-order valence-corrected chi connectivity index (χ4v) is 2.27. The maximum Gasteiger partial charge on any atom is 0.130 e. The van der Waals surface area contributed by atoms with Gasteiger partial charge >= 0.3 is 0 Å². The monoisotopic (exact) mass is 183 g/mol. The molecule has 0 aromatic rings. The fourth-order valence-electron chi connectivity index (χ4n) is 2.27. The van der Waals surface area contributed by atoms with Crippen LogP contribution in [0, 0.1) is 5.92 Å². The normalized spacial score (nSPS) is 29.2. The van der Waals surface area contributed by atoms with Crippen LogP contribution in [0.25, 0.3) is 0 Å². The SMILES string of the molecule is CC(=O)CC1CCC(N(C)C)CC1. The van der Waals surface area contributed by atoms with Crippen LogP contribution in [0.2, 0.25) is 0 Å². The van der Waals surface area contributed by atoms with Crippen LogP contribution in [0.15, 0.2) is 0 Å². The molecule has 0 unspecified atom stereocenters. The number of ketones is 1. The summed E-state index contributed by atoms with van der Waals surface area (Å²) >= 11 is 0. The Kier molecular flexibility index (Phi) is 3.91. The molecule has 0 aliphatic heterocycles. The standard InChI is InChI=1S/C11H21NO/c1-9(13)8-10-4-6-11(7-5-10)12(2)3/h10-11H,4-8H2,1-3H3. The maximum atomic E-state index is 10.9. The summed E-state index contributed by atoms with van der Waals surface area (Å²) in [5, 5.41) is 0. The molecule has 1 aliphatic rings. The van der Waals surface area contributed by atoms with Crippen LogP contribution in [-0.2, 0) is 4.79 Å². The molecule has 0 spiro atoms. The Morgan fingerprint density at radius 1 is 1.23 bits per heavy atom. The van der Waals surface area contributed by atoms with Gasteiger partial charge in [-0.1, -0.05) is 0 Å². The number of nitrogens with zero attached hydrogens (tertiary/aromatic N) is 1. The maximum absolute atomic E-state index is 10.9. The molecule has 1 saturated carbocycles. The number of hydrogen-bond acceptors (Lipinski definition) is 2. The van der Waals surface area contributed by atoms with E-state index in [1.165, 1.54) is 25.7 Å². The van der Waals surface area contributed by atoms with E-state index in [0.29, 0.717) is 11.7 Å². The number of carbonyl (C=O) groups excluding carboxylic acids is 1. The Morgan fingerprint density at radius 3 is 2.15 bits per heavy atom. The van der Waals surface area contributed by atoms with Gasteiger partial charge in [0.25, 0.3) is 0 Å². The highest BCUT2D eigenvalue weighted by molar-refractivity contribution is 5.75. The van der Waals surface area contributed by atoms with Crippen molar-refractivity contribution < 1.29 is 4.79 Å². The lowest BCUT2D eigenvalue weighted by Crippen LogP contribution is -2.32. The van der Waals surface area contributed by atoms with Crippen molar-refractivity contribution in [2.45, 2.75) is 45.1 Å². The molecule has 2 heteroatoms. The first-order valence-corrected chi connectivity index (χ1v) is 5.25. The van der Waals surface area contributed by atoms with E-state index >= 15 is 0 Å². The Hall–Kier alpha value is -0.370. The summed E-state index contributed by atoms with van der Waals surface area (Å²) in [6.07, 6.45) is 5.82. The molecular formula is C11H21NO. The van der Waals surface area contributed by atoms with Crippen LogP contribution in [-0.4, -0.2) is 30.8 Å². The molecule has 13 heavy (non-hydrogen) atoms. The van der Waals surface area contributed by atoms with Gasteiger partial charge in [-0.05, 0) is 52.6 Å². The van der Waals surface area contributed by atoms with Crippen molar-refractivity contribution in [3.63, 3.8) is 0 Å². The lowest BCUT2D eigenvalue weighted by atomic mass is 9.83. The molecule has 0 saturated heterocycles. The van der Waals surface area contributed by atoms with Gasteiger partial charge in [-0.2, -0.15) is 0 Å². The summed E-state index contributed by atoms with van der Waals surface area (Å²) in [6, 6.07) is 0.753. The van der Waals surface area contributed by atoms with Gasteiger partial charge in [-0.3, -0.25) is 0 Å². The smallest absolute Gasteiger partial charge is 0.130 e. The minimum Gasteiger partial charge on any atom is -0.306 e. The third-order valence-corrected chi connectivity index (χ3v) is 3.12. The molecule has 1 aliphatic carbocycles. The van der Waals surface area contributed by atoms with Crippen molar-refractivity contribution in [3.05, 3.63) is 0 Å². The predicted octanol–water partition coefficient (Wildman–Crippen LogP) is 2.09. The highest BCUT2D eigenvalue weighted by Crippen LogP contribution is 2.28. The fraction of sp³-hybridized carbons (Fsp3) is 0.909. The number of Topliss-reactive ketones (excluding diaryl/α,β-unsaturated/α-hetero) is 1. The van der Waals surface area contributed by atoms with E-state index < -0.39 is 0 Å². The number of rotatable bonds is 3. The highest BCUT2D eigenvalue weighted by atomic mass is 16.1. The third-order valence-electron chi connectivity index (χ3n) is 3.12. The van der Waals surface area contributed by atoms with E-state index in [0.717, 1.165) is 12.5 Å². The molecular weight excluding hydrogens is 162 g/mol. The first kappa shape index (κ1) is 10.7. The predicted molar refractivity (Wildman–Crippen MR) is 54.7 cm³/mol. The van der Waals surface area contributed by atoms with E-state index in [9.17, 15) is 4.79 Å². The minimum absolute atomic E-state index is 0.355. The zero-order valence-corrected chi connectivity index (χ0v) is 9.05. The molecule has 0 N–H and O–H groups in total. The van der Waals surface area contributed by atoms with Crippen LogP contribution in [0.3, 0.4) is 0 Å². The van der Waals surface area contributed by atoms with Gasteiger partial charge in [0.15, 0.2) is 0 Å². The quantitative estimate of drug-likeness (QED) is 0.667. The Bertz CT molecular complexity index is 169. The van der Waals surface area contributed by atoms with E-state index in [1.807, 2.05) is 0 Å². The molecule has 0 aromatic carbocycles. The van der Waals surface area contributed by atoms with Gasteiger partial charge in [0.2, 0.25) is 0 Å². The second-order valence-electron chi connectivity index (χ2n) is 4.54. The summed E-state index contributed by atoms with van der Waals surface area (Å²) in [4.78, 5) is 13.2. The van der Waals surface area contributed by atoms with Gasteiger partial charge in [0.1, 0.15) is 5.78 Å². The Morgan fingerprint density at radius 2 is 1.77 bits per heavy atom. The van der Waals surface area contributed by atoms with E-state index in [1.54, 1.807) is 6.92 Å². The zero-order valence-electron chi connectivity index (χ0n) is 9.05. The molecule has 1 fully saturated rings. The van der Waals surface area contributed by atoms with Crippen molar-refractivity contribution >= 4 is 5.78 Å². The molecule has 76 valence electrons. The molecule has 0 radical (unpaired) electrons. The summed E-state index contributed by atoms with van der Waals surface area (Å²) in [5.41, 5.74) is 0. The minimum atomic E-state index is 0.355. The van der Waals surface area contributed by atoms with E-state index in [2.05, 4.69) is 19.0 Å². The van der Waals surface area contributed by atoms with Gasteiger partial charge in [0.05, 0.1) is 0 Å². The highest BCUT2D eigenvalue weighted by Gasteiger charge is 2.22. The van der Waals surface area contributed by atoms with Gasteiger partial charge in [0, 0.05) is 12.5 Å². The van der Waals surface area contributed by atoms with Crippen molar-refractivity contribution in [2.24, 2.45) is 5.92 Å². The van der Waals surface area contributed by atoms with Crippen LogP contribution < -0.4 is 0 Å². The molecule has 0 aromatic heterocycles. The largest absolute Gasteiger partial charge is 0.306 e. The molecule has 0 heterocycles. The molecule has 1 rings (SSSR count). The van der Waals surface area contributed by atoms with Gasteiger partial charge in [-0.25, -0.2) is 0 Å². The molecule has 0 atom stereocenters. The lowest BCUT2D eigenvalue weighted by Gasteiger charge is -2.32. The average Bonchev–Trinajstić information content (AvgIpc) is 2.04. The average molecular weight is 183 g/mol. The second-order valence-corrected chi connectivity index (χ2v) is 4.54.